The van der Waals surface area contributed by atoms with Gasteiger partial charge in [-0.1, -0.05) is 0 Å². The number of carbonyl (C=O) groups excluding carboxylic acids is 1. The zero-order chi connectivity index (χ0) is 18.8. The molecule has 1 N–H and O–H groups in total. The number of amides is 1. The van der Waals surface area contributed by atoms with Gasteiger partial charge in [-0.15, -0.1) is 11.3 Å². The van der Waals surface area contributed by atoms with E-state index in [1.165, 1.54) is 23.0 Å². The van der Waals surface area contributed by atoms with Crippen LogP contribution in [0.5, 0.6) is 11.5 Å². The summed E-state index contributed by atoms with van der Waals surface area (Å²) in [5.41, 5.74) is 0.257. The lowest BCUT2D eigenvalue weighted by Gasteiger charge is -2.13. The Hall–Kier alpha value is -2.87. The molecule has 26 heavy (non-hydrogen) atoms. The summed E-state index contributed by atoms with van der Waals surface area (Å²) in [6, 6.07) is 6.90. The van der Waals surface area contributed by atoms with Gasteiger partial charge in [0.1, 0.15) is 28.7 Å². The minimum atomic E-state index is -0.352. The smallest absolute Gasteiger partial charge is 0.262 e. The van der Waals surface area contributed by atoms with Crippen LogP contribution in [0.25, 0.3) is 10.2 Å². The average Bonchev–Trinajstić information content (AvgIpc) is 2.98. The average molecular weight is 373 g/mol. The Balaban J connectivity index is 1.89. The maximum Gasteiger partial charge on any atom is 0.262 e. The minimum Gasteiger partial charge on any atom is -0.497 e. The predicted molar refractivity (Wildman–Crippen MR) is 102 cm³/mol. The van der Waals surface area contributed by atoms with E-state index in [4.69, 9.17) is 9.47 Å². The van der Waals surface area contributed by atoms with Gasteiger partial charge in [0.05, 0.1) is 25.3 Å². The third-order valence-electron chi connectivity index (χ3n) is 3.95. The molecule has 0 aliphatic heterocycles. The number of aryl methyl sites for hydroxylation is 2. The number of ether oxygens (including phenoxy) is 2. The Kier molecular flexibility index (Phi) is 4.94. The molecular weight excluding hydrogens is 354 g/mol. The van der Waals surface area contributed by atoms with Crippen LogP contribution in [0, 0.1) is 13.8 Å². The summed E-state index contributed by atoms with van der Waals surface area (Å²) in [5.74, 6) is 1.24. The molecule has 0 saturated heterocycles. The lowest BCUT2D eigenvalue weighted by molar-refractivity contribution is -0.116. The van der Waals surface area contributed by atoms with E-state index in [-0.39, 0.29) is 18.0 Å². The van der Waals surface area contributed by atoms with Crippen LogP contribution >= 0.6 is 11.3 Å². The van der Waals surface area contributed by atoms with E-state index < -0.39 is 0 Å². The number of hydrogen-bond donors (Lipinski definition) is 1. The number of benzene rings is 1. The zero-order valence-electron chi connectivity index (χ0n) is 15.0. The highest BCUT2D eigenvalue weighted by Crippen LogP contribution is 2.29. The van der Waals surface area contributed by atoms with E-state index in [1.54, 1.807) is 38.3 Å². The van der Waals surface area contributed by atoms with Crippen molar-refractivity contribution in [2.45, 2.75) is 20.4 Å². The summed E-state index contributed by atoms with van der Waals surface area (Å²) >= 11 is 1.46. The number of thiophene rings is 1. The first kappa shape index (κ1) is 17.9. The number of aromatic nitrogens is 2. The number of nitrogens with one attached hydrogen (secondary N) is 1. The van der Waals surface area contributed by atoms with Crippen LogP contribution < -0.4 is 20.3 Å². The van der Waals surface area contributed by atoms with Gasteiger partial charge >= 0.3 is 0 Å². The highest BCUT2D eigenvalue weighted by molar-refractivity contribution is 7.18. The van der Waals surface area contributed by atoms with Gasteiger partial charge in [0.15, 0.2) is 0 Å². The first-order valence-electron chi connectivity index (χ1n) is 7.92. The van der Waals surface area contributed by atoms with Gasteiger partial charge in [0.25, 0.3) is 5.56 Å². The van der Waals surface area contributed by atoms with Crippen molar-refractivity contribution in [2.75, 3.05) is 19.5 Å². The second-order valence-corrected chi connectivity index (χ2v) is 6.98. The monoisotopic (exact) mass is 373 g/mol. The molecule has 3 rings (SSSR count). The normalized spacial score (nSPS) is 10.8. The molecule has 8 heteroatoms. The van der Waals surface area contributed by atoms with Crippen molar-refractivity contribution in [3.8, 4) is 11.5 Å². The summed E-state index contributed by atoms with van der Waals surface area (Å²) in [4.78, 5) is 31.3. The number of nitrogens with zero attached hydrogens (tertiary/aromatic N) is 2. The van der Waals surface area contributed by atoms with Crippen molar-refractivity contribution in [3.63, 3.8) is 0 Å². The molecular formula is C18H19N3O4S. The van der Waals surface area contributed by atoms with Crippen molar-refractivity contribution in [2.24, 2.45) is 0 Å². The van der Waals surface area contributed by atoms with E-state index in [0.29, 0.717) is 33.2 Å². The van der Waals surface area contributed by atoms with Crippen LogP contribution in [0.4, 0.5) is 5.69 Å². The summed E-state index contributed by atoms with van der Waals surface area (Å²) in [6.45, 7) is 3.51. The number of anilines is 1. The van der Waals surface area contributed by atoms with Crippen molar-refractivity contribution in [3.05, 3.63) is 45.3 Å². The topological polar surface area (TPSA) is 82.4 Å². The first-order valence-corrected chi connectivity index (χ1v) is 8.74. The number of methoxy groups -OCH3 is 2. The fourth-order valence-electron chi connectivity index (χ4n) is 2.67. The largest absolute Gasteiger partial charge is 0.497 e. The number of carbonyl (C=O) groups is 1. The Labute approximate surface area is 154 Å². The van der Waals surface area contributed by atoms with E-state index in [1.807, 2.05) is 6.92 Å². The third-order valence-corrected chi connectivity index (χ3v) is 4.89. The molecule has 1 aromatic carbocycles. The number of fused-ring (bicyclic) bond motifs is 1. The van der Waals surface area contributed by atoms with Gasteiger partial charge in [0.2, 0.25) is 5.91 Å². The van der Waals surface area contributed by atoms with Gasteiger partial charge < -0.3 is 14.8 Å². The predicted octanol–water partition coefficient (Wildman–Crippen LogP) is 2.73. The van der Waals surface area contributed by atoms with Gasteiger partial charge in [-0.05, 0) is 32.0 Å². The molecule has 0 aliphatic carbocycles. The molecule has 136 valence electrons. The van der Waals surface area contributed by atoms with Gasteiger partial charge in [-0.2, -0.15) is 0 Å². The van der Waals surface area contributed by atoms with E-state index in [2.05, 4.69) is 10.3 Å². The Bertz CT molecular complexity index is 1040. The standard InChI is InChI=1S/C18H19N3O4S/c1-10-7-13-17(26-10)19-11(2)21(18(13)23)9-16(22)20-14-8-12(24-3)5-6-15(14)25-4/h5-8H,9H2,1-4H3,(H,20,22). The van der Waals surface area contributed by atoms with Crippen molar-refractivity contribution < 1.29 is 14.3 Å². The van der Waals surface area contributed by atoms with Crippen molar-refractivity contribution in [1.29, 1.82) is 0 Å². The lowest BCUT2D eigenvalue weighted by atomic mass is 10.2. The van der Waals surface area contributed by atoms with Crippen molar-refractivity contribution >= 4 is 33.1 Å². The Morgan fingerprint density at radius 1 is 1.23 bits per heavy atom. The SMILES string of the molecule is COc1ccc(OC)c(NC(=O)Cn2c(C)nc3sc(C)cc3c2=O)c1. The first-order chi connectivity index (χ1) is 12.4. The molecule has 1 amide bonds. The second kappa shape index (κ2) is 7.17. The van der Waals surface area contributed by atoms with E-state index in [9.17, 15) is 9.59 Å². The number of hydrogen-bond acceptors (Lipinski definition) is 6. The minimum absolute atomic E-state index is 0.136. The molecule has 0 bridgehead atoms. The Morgan fingerprint density at radius 2 is 2.00 bits per heavy atom. The molecule has 0 unspecified atom stereocenters. The summed E-state index contributed by atoms with van der Waals surface area (Å²) < 4.78 is 11.8. The molecule has 3 aromatic rings. The highest BCUT2D eigenvalue weighted by atomic mass is 32.1. The summed E-state index contributed by atoms with van der Waals surface area (Å²) in [7, 11) is 3.06. The fourth-order valence-corrected chi connectivity index (χ4v) is 3.58. The van der Waals surface area contributed by atoms with Crippen LogP contribution in [-0.4, -0.2) is 29.7 Å². The Morgan fingerprint density at radius 3 is 2.69 bits per heavy atom. The number of rotatable bonds is 5. The zero-order valence-corrected chi connectivity index (χ0v) is 15.8. The van der Waals surface area contributed by atoms with Crippen LogP contribution in [0.15, 0.2) is 29.1 Å². The van der Waals surface area contributed by atoms with Crippen LogP contribution in [0.3, 0.4) is 0 Å². The quantitative estimate of drug-likeness (QED) is 0.744. The summed E-state index contributed by atoms with van der Waals surface area (Å²) in [6.07, 6.45) is 0. The molecule has 0 atom stereocenters. The maximum atomic E-state index is 12.7. The van der Waals surface area contributed by atoms with Gasteiger partial charge in [-0.25, -0.2) is 4.98 Å². The van der Waals surface area contributed by atoms with Gasteiger partial charge in [0, 0.05) is 10.9 Å². The fraction of sp³-hybridized carbons (Fsp3) is 0.278. The third kappa shape index (κ3) is 3.41. The highest BCUT2D eigenvalue weighted by Gasteiger charge is 2.15. The van der Waals surface area contributed by atoms with Crippen LogP contribution in [0.1, 0.15) is 10.7 Å². The van der Waals surface area contributed by atoms with Gasteiger partial charge in [-0.3, -0.25) is 14.2 Å². The lowest BCUT2D eigenvalue weighted by Crippen LogP contribution is -2.30. The van der Waals surface area contributed by atoms with Crippen molar-refractivity contribution in [1.82, 2.24) is 9.55 Å². The molecule has 0 radical (unpaired) electrons. The van der Waals surface area contributed by atoms with Crippen LogP contribution in [0.2, 0.25) is 0 Å². The van der Waals surface area contributed by atoms with Crippen LogP contribution in [-0.2, 0) is 11.3 Å². The molecule has 2 heterocycles. The maximum absolute atomic E-state index is 12.7. The van der Waals surface area contributed by atoms with E-state index >= 15 is 0 Å². The molecule has 0 fully saturated rings. The molecule has 2 aromatic heterocycles. The molecule has 0 saturated carbocycles. The molecule has 7 nitrogen and oxygen atoms in total. The van der Waals surface area contributed by atoms with E-state index in [0.717, 1.165) is 4.88 Å². The molecule has 0 spiro atoms. The molecule has 0 aliphatic rings. The second-order valence-electron chi connectivity index (χ2n) is 5.74. The summed E-state index contributed by atoms with van der Waals surface area (Å²) in [5, 5.41) is 3.30.